The molecule has 0 saturated heterocycles. The maximum Gasteiger partial charge on any atom is 0.292 e. The van der Waals surface area contributed by atoms with Gasteiger partial charge in [0.1, 0.15) is 18.2 Å². The predicted octanol–water partition coefficient (Wildman–Crippen LogP) is 5.05. The number of amides is 1. The first kappa shape index (κ1) is 22.1. The second kappa shape index (κ2) is 9.15. The van der Waals surface area contributed by atoms with Gasteiger partial charge in [0.15, 0.2) is 29.0 Å². The molecule has 4 rings (SSSR count). The number of hydrogen-bond donors (Lipinski definition) is 1. The molecular weight excluding hydrogens is 449 g/mol. The number of aromatic nitrogens is 2. The van der Waals surface area contributed by atoms with Gasteiger partial charge in [-0.1, -0.05) is 12.1 Å². The summed E-state index contributed by atoms with van der Waals surface area (Å²) in [6.07, 6.45) is 1.61. The molecule has 6 nitrogen and oxygen atoms in total. The molecule has 0 saturated carbocycles. The van der Waals surface area contributed by atoms with Crippen LogP contribution in [0.3, 0.4) is 0 Å². The van der Waals surface area contributed by atoms with Gasteiger partial charge in [0.2, 0.25) is 11.6 Å². The second-order valence-corrected chi connectivity index (χ2v) is 6.83. The Balaban J connectivity index is 1.37. The molecule has 2 aromatic heterocycles. The van der Waals surface area contributed by atoms with E-state index >= 15 is 0 Å². The minimum Gasteiger partial charge on any atom is -0.479 e. The van der Waals surface area contributed by atoms with Crippen LogP contribution in [0.25, 0.3) is 0 Å². The molecule has 0 fully saturated rings. The van der Waals surface area contributed by atoms with Crippen molar-refractivity contribution in [2.75, 3.05) is 5.32 Å². The van der Waals surface area contributed by atoms with Gasteiger partial charge in [0.25, 0.3) is 5.91 Å². The van der Waals surface area contributed by atoms with Crippen LogP contribution in [0, 0.1) is 29.1 Å². The van der Waals surface area contributed by atoms with Crippen LogP contribution in [0.15, 0.2) is 59.1 Å². The van der Waals surface area contributed by atoms with E-state index in [1.807, 2.05) is 0 Å². The lowest BCUT2D eigenvalue weighted by atomic mass is 10.2. The van der Waals surface area contributed by atoms with Crippen molar-refractivity contribution in [3.8, 4) is 5.75 Å². The molecule has 2 heterocycles. The summed E-state index contributed by atoms with van der Waals surface area (Å²) in [7, 11) is 0. The number of benzene rings is 2. The summed E-state index contributed by atoms with van der Waals surface area (Å²) in [4.78, 5) is 12.3. The molecule has 0 atom stereocenters. The normalized spacial score (nSPS) is 10.9. The van der Waals surface area contributed by atoms with Crippen molar-refractivity contribution in [3.05, 3.63) is 101 Å². The highest BCUT2D eigenvalue weighted by Crippen LogP contribution is 2.27. The smallest absolute Gasteiger partial charge is 0.292 e. The monoisotopic (exact) mass is 463 g/mol. The molecule has 1 N–H and O–H groups in total. The fraction of sp³-hybridized carbons (Fsp3) is 0.0909. The molecule has 170 valence electrons. The number of halogens is 5. The molecular formula is C22H14F5N3O3. The summed E-state index contributed by atoms with van der Waals surface area (Å²) in [6, 6.07) is 10.1. The molecule has 0 aliphatic carbocycles. The Morgan fingerprint density at radius 3 is 2.36 bits per heavy atom. The fourth-order valence-electron chi connectivity index (χ4n) is 2.87. The van der Waals surface area contributed by atoms with E-state index < -0.39 is 41.5 Å². The largest absolute Gasteiger partial charge is 0.479 e. The molecule has 33 heavy (non-hydrogen) atoms. The van der Waals surface area contributed by atoms with Gasteiger partial charge in [-0.15, -0.1) is 0 Å². The summed E-state index contributed by atoms with van der Waals surface area (Å²) < 4.78 is 78.4. The first-order valence-corrected chi connectivity index (χ1v) is 9.44. The number of nitrogens with zero attached hydrogens (tertiary/aromatic N) is 2. The lowest BCUT2D eigenvalue weighted by Gasteiger charge is -2.08. The van der Waals surface area contributed by atoms with Gasteiger partial charge in [-0.3, -0.25) is 9.48 Å². The lowest BCUT2D eigenvalue weighted by Crippen LogP contribution is -2.12. The van der Waals surface area contributed by atoms with Crippen molar-refractivity contribution in [1.82, 2.24) is 9.78 Å². The summed E-state index contributed by atoms with van der Waals surface area (Å²) >= 11 is 0. The second-order valence-electron chi connectivity index (χ2n) is 6.83. The van der Waals surface area contributed by atoms with Crippen LogP contribution in [-0.2, 0) is 13.2 Å². The van der Waals surface area contributed by atoms with E-state index in [9.17, 15) is 26.7 Å². The van der Waals surface area contributed by atoms with Gasteiger partial charge in [-0.05, 0) is 29.8 Å². The number of carbonyl (C=O) groups excluding carboxylic acids is 1. The number of hydrogen-bond acceptors (Lipinski definition) is 4. The number of anilines is 1. The average molecular weight is 463 g/mol. The van der Waals surface area contributed by atoms with Crippen LogP contribution in [0.2, 0.25) is 0 Å². The van der Waals surface area contributed by atoms with Crippen molar-refractivity contribution in [3.63, 3.8) is 0 Å². The van der Waals surface area contributed by atoms with E-state index in [-0.39, 0.29) is 29.2 Å². The van der Waals surface area contributed by atoms with E-state index in [4.69, 9.17) is 9.15 Å². The minimum atomic E-state index is -1.69. The van der Waals surface area contributed by atoms with Gasteiger partial charge in [0, 0.05) is 18.3 Å². The van der Waals surface area contributed by atoms with Gasteiger partial charge < -0.3 is 14.5 Å². The van der Waals surface area contributed by atoms with Crippen LogP contribution in [0.1, 0.15) is 21.9 Å². The van der Waals surface area contributed by atoms with Crippen molar-refractivity contribution in [2.24, 2.45) is 0 Å². The molecule has 0 aliphatic rings. The molecule has 0 radical (unpaired) electrons. The van der Waals surface area contributed by atoms with Crippen molar-refractivity contribution in [1.29, 1.82) is 0 Å². The predicted molar refractivity (Wildman–Crippen MR) is 105 cm³/mol. The summed E-state index contributed by atoms with van der Waals surface area (Å²) in [5.74, 6) is -8.80. The maximum atomic E-state index is 13.7. The number of rotatable bonds is 7. The van der Waals surface area contributed by atoms with Crippen LogP contribution in [-0.4, -0.2) is 15.7 Å². The highest BCUT2D eigenvalue weighted by Gasteiger charge is 2.21. The van der Waals surface area contributed by atoms with Gasteiger partial charge in [0.05, 0.1) is 6.54 Å². The number of carbonyl (C=O) groups is 1. The molecule has 0 unspecified atom stereocenters. The third-order valence-corrected chi connectivity index (χ3v) is 4.46. The molecule has 4 aromatic rings. The zero-order valence-electron chi connectivity index (χ0n) is 16.6. The first-order chi connectivity index (χ1) is 15.8. The van der Waals surface area contributed by atoms with E-state index in [0.717, 1.165) is 5.56 Å². The van der Waals surface area contributed by atoms with Crippen molar-refractivity contribution in [2.45, 2.75) is 13.2 Å². The molecule has 0 aliphatic heterocycles. The lowest BCUT2D eigenvalue weighted by molar-refractivity contribution is 0.0991. The van der Waals surface area contributed by atoms with E-state index in [2.05, 4.69) is 10.4 Å². The Labute approximate surface area is 183 Å². The Morgan fingerprint density at radius 1 is 0.970 bits per heavy atom. The Hall–Kier alpha value is -4.15. The third kappa shape index (κ3) is 5.03. The Kier molecular flexibility index (Phi) is 6.11. The molecule has 2 aromatic carbocycles. The summed E-state index contributed by atoms with van der Waals surface area (Å²) in [6.45, 7) is -0.234. The highest BCUT2D eigenvalue weighted by molar-refractivity contribution is 6.01. The maximum absolute atomic E-state index is 13.7. The molecule has 0 spiro atoms. The van der Waals surface area contributed by atoms with Gasteiger partial charge >= 0.3 is 0 Å². The van der Waals surface area contributed by atoms with Crippen molar-refractivity contribution < 1.29 is 35.9 Å². The Morgan fingerprint density at radius 2 is 1.67 bits per heavy atom. The van der Waals surface area contributed by atoms with E-state index in [0.29, 0.717) is 6.54 Å². The average Bonchev–Trinajstić information content (AvgIpc) is 3.44. The van der Waals surface area contributed by atoms with Gasteiger partial charge in [-0.2, -0.15) is 13.9 Å². The van der Waals surface area contributed by atoms with Gasteiger partial charge in [-0.25, -0.2) is 13.2 Å². The van der Waals surface area contributed by atoms with Crippen molar-refractivity contribution >= 4 is 11.7 Å². The fourth-order valence-corrected chi connectivity index (χ4v) is 2.87. The van der Waals surface area contributed by atoms with Crippen LogP contribution in [0.4, 0.5) is 27.8 Å². The number of nitrogens with one attached hydrogen (secondary N) is 1. The summed E-state index contributed by atoms with van der Waals surface area (Å²) in [5, 5.41) is 6.69. The quantitative estimate of drug-likeness (QED) is 0.308. The first-order valence-electron chi connectivity index (χ1n) is 9.44. The zero-order chi connectivity index (χ0) is 23.5. The van der Waals surface area contributed by atoms with Crippen LogP contribution in [0.5, 0.6) is 5.75 Å². The van der Waals surface area contributed by atoms with Crippen LogP contribution >= 0.6 is 0 Å². The summed E-state index contributed by atoms with van der Waals surface area (Å²) in [5.41, 5.74) is 0.805. The SMILES string of the molecule is O=C(Nc1ccn(Cc2ccc(F)cc2)n1)c1ccc(COc2c(F)c(F)cc(F)c2F)o1. The van der Waals surface area contributed by atoms with E-state index in [1.54, 1.807) is 24.4 Å². The molecule has 11 heteroatoms. The van der Waals surface area contributed by atoms with Crippen LogP contribution < -0.4 is 10.1 Å². The molecule has 1 amide bonds. The standard InChI is InChI=1S/C22H14F5N3O3/c23-13-3-1-12(2-4-13)10-30-8-7-18(29-30)28-22(31)17-6-5-14(33-17)11-32-21-19(26)15(24)9-16(25)20(21)27/h1-9H,10-11H2,(H,28,29,31). The Bertz CT molecular complexity index is 1280. The molecule has 0 bridgehead atoms. The van der Waals surface area contributed by atoms with E-state index in [1.165, 1.54) is 28.9 Å². The third-order valence-electron chi connectivity index (χ3n) is 4.46. The number of furan rings is 1. The topological polar surface area (TPSA) is 69.3 Å². The highest BCUT2D eigenvalue weighted by atomic mass is 19.2. The number of ether oxygens (including phenoxy) is 1. The zero-order valence-corrected chi connectivity index (χ0v) is 16.6. The minimum absolute atomic E-state index is 0.0227.